The zero-order valence-electron chi connectivity index (χ0n) is 14.2. The second-order valence-corrected chi connectivity index (χ2v) is 6.86. The van der Waals surface area contributed by atoms with Crippen LogP contribution in [0.1, 0.15) is 31.9 Å². The van der Waals surface area contributed by atoms with Crippen molar-refractivity contribution in [1.29, 1.82) is 0 Å². The summed E-state index contributed by atoms with van der Waals surface area (Å²) in [6.07, 6.45) is 3.67. The van der Waals surface area contributed by atoms with Gasteiger partial charge in [-0.1, -0.05) is 87.5 Å². The molecule has 2 aromatic rings. The lowest BCUT2D eigenvalue weighted by Crippen LogP contribution is -2.28. The van der Waals surface area contributed by atoms with E-state index in [1.807, 2.05) is 47.4 Å². The number of hydrogen-bond donors (Lipinski definition) is 0. The average Bonchev–Trinajstić information content (AvgIpc) is 2.53. The third-order valence-electron chi connectivity index (χ3n) is 3.47. The molecule has 2 heteroatoms. The van der Waals surface area contributed by atoms with Crippen molar-refractivity contribution in [2.24, 2.45) is 5.41 Å². The fraction of sp³-hybridized carbons (Fsp3) is 0.286. The van der Waals surface area contributed by atoms with Crippen LogP contribution in [0.5, 0.6) is 0 Å². The lowest BCUT2D eigenvalue weighted by Gasteiger charge is -2.22. The van der Waals surface area contributed by atoms with Crippen molar-refractivity contribution in [3.05, 3.63) is 83.9 Å². The minimum Gasteiger partial charge on any atom is -0.331 e. The van der Waals surface area contributed by atoms with E-state index in [0.717, 1.165) is 11.1 Å². The number of allylic oxidation sites excluding steroid dienone is 1. The van der Waals surface area contributed by atoms with Gasteiger partial charge in [0.15, 0.2) is 0 Å². The minimum atomic E-state index is 0.000817. The van der Waals surface area contributed by atoms with E-state index in [-0.39, 0.29) is 11.3 Å². The van der Waals surface area contributed by atoms with Gasteiger partial charge in [-0.3, -0.25) is 4.79 Å². The monoisotopic (exact) mass is 307 g/mol. The van der Waals surface area contributed by atoms with Crippen LogP contribution in [-0.2, 0) is 17.9 Å². The summed E-state index contributed by atoms with van der Waals surface area (Å²) in [5.41, 5.74) is 2.28. The third-order valence-corrected chi connectivity index (χ3v) is 3.47. The normalized spacial score (nSPS) is 11.6. The zero-order valence-corrected chi connectivity index (χ0v) is 14.2. The van der Waals surface area contributed by atoms with Crippen LogP contribution in [0.4, 0.5) is 0 Å². The molecule has 0 fully saturated rings. The average molecular weight is 307 g/mol. The maximum Gasteiger partial charge on any atom is 0.246 e. The topological polar surface area (TPSA) is 20.3 Å². The van der Waals surface area contributed by atoms with E-state index in [4.69, 9.17) is 0 Å². The van der Waals surface area contributed by atoms with E-state index in [1.54, 1.807) is 6.08 Å². The zero-order chi connectivity index (χ0) is 16.7. The smallest absolute Gasteiger partial charge is 0.246 e. The molecule has 0 saturated heterocycles. The fourth-order valence-electron chi connectivity index (χ4n) is 2.25. The van der Waals surface area contributed by atoms with Crippen molar-refractivity contribution < 1.29 is 4.79 Å². The lowest BCUT2D eigenvalue weighted by molar-refractivity contribution is -0.127. The molecule has 2 nitrogen and oxygen atoms in total. The molecular weight excluding hydrogens is 282 g/mol. The van der Waals surface area contributed by atoms with Gasteiger partial charge in [0, 0.05) is 13.1 Å². The molecule has 0 saturated carbocycles. The first-order valence-corrected chi connectivity index (χ1v) is 8.00. The molecule has 23 heavy (non-hydrogen) atoms. The molecule has 2 aromatic carbocycles. The molecule has 0 aliphatic carbocycles. The Hall–Kier alpha value is -2.35. The van der Waals surface area contributed by atoms with Crippen molar-refractivity contribution in [3.63, 3.8) is 0 Å². The number of nitrogens with zero attached hydrogens (tertiary/aromatic N) is 1. The van der Waals surface area contributed by atoms with Gasteiger partial charge in [0.2, 0.25) is 5.91 Å². The van der Waals surface area contributed by atoms with Crippen molar-refractivity contribution >= 4 is 5.91 Å². The van der Waals surface area contributed by atoms with Gasteiger partial charge in [-0.25, -0.2) is 0 Å². The fourth-order valence-corrected chi connectivity index (χ4v) is 2.25. The third kappa shape index (κ3) is 6.11. The van der Waals surface area contributed by atoms with Gasteiger partial charge in [-0.2, -0.15) is 0 Å². The van der Waals surface area contributed by atoms with Crippen LogP contribution in [0.15, 0.2) is 72.8 Å². The van der Waals surface area contributed by atoms with Gasteiger partial charge in [0.1, 0.15) is 0 Å². The Labute approximate surface area is 139 Å². The van der Waals surface area contributed by atoms with Crippen LogP contribution in [-0.4, -0.2) is 10.8 Å². The van der Waals surface area contributed by atoms with E-state index in [9.17, 15) is 4.79 Å². The number of amides is 1. The maximum atomic E-state index is 12.6. The second kappa shape index (κ2) is 7.77. The van der Waals surface area contributed by atoms with Gasteiger partial charge >= 0.3 is 0 Å². The number of rotatable bonds is 5. The van der Waals surface area contributed by atoms with Crippen LogP contribution in [0.25, 0.3) is 0 Å². The predicted octanol–water partition coefficient (Wildman–Crippen LogP) is 4.82. The second-order valence-electron chi connectivity index (χ2n) is 6.86. The summed E-state index contributed by atoms with van der Waals surface area (Å²) in [4.78, 5) is 14.5. The number of carbonyl (C=O) groups excluding carboxylic acids is 1. The Morgan fingerprint density at radius 1 is 0.870 bits per heavy atom. The van der Waals surface area contributed by atoms with E-state index < -0.39 is 0 Å². The van der Waals surface area contributed by atoms with Gasteiger partial charge < -0.3 is 4.90 Å². The van der Waals surface area contributed by atoms with Crippen molar-refractivity contribution in [3.8, 4) is 0 Å². The SMILES string of the molecule is CC(C)(C)/C=C/C(=O)N(Cc1ccccc1)Cc1ccccc1. The molecule has 120 valence electrons. The highest BCUT2D eigenvalue weighted by molar-refractivity contribution is 5.87. The van der Waals surface area contributed by atoms with Gasteiger partial charge in [0.05, 0.1) is 0 Å². The first-order valence-electron chi connectivity index (χ1n) is 8.00. The molecule has 0 atom stereocenters. The van der Waals surface area contributed by atoms with E-state index in [2.05, 4.69) is 45.0 Å². The molecule has 0 unspecified atom stereocenters. The first-order chi connectivity index (χ1) is 10.9. The van der Waals surface area contributed by atoms with Crippen LogP contribution in [0.3, 0.4) is 0 Å². The molecule has 0 aliphatic rings. The molecule has 0 aliphatic heterocycles. The predicted molar refractivity (Wildman–Crippen MR) is 95.7 cm³/mol. The summed E-state index contributed by atoms with van der Waals surface area (Å²) >= 11 is 0. The molecule has 0 aromatic heterocycles. The van der Waals surface area contributed by atoms with Crippen LogP contribution in [0.2, 0.25) is 0 Å². The molecule has 0 bridgehead atoms. The lowest BCUT2D eigenvalue weighted by atomic mass is 9.96. The van der Waals surface area contributed by atoms with Crippen molar-refractivity contribution in [1.82, 2.24) is 4.90 Å². The summed E-state index contributed by atoms with van der Waals surface area (Å²) in [5, 5.41) is 0. The number of hydrogen-bond acceptors (Lipinski definition) is 1. The van der Waals surface area contributed by atoms with E-state index in [1.165, 1.54) is 0 Å². The molecule has 2 rings (SSSR count). The van der Waals surface area contributed by atoms with Gasteiger partial charge in [-0.15, -0.1) is 0 Å². The standard InChI is InChI=1S/C21H25NO/c1-21(2,3)15-14-20(23)22(16-18-10-6-4-7-11-18)17-19-12-8-5-9-13-19/h4-15H,16-17H2,1-3H3/b15-14+. The molecule has 0 heterocycles. The molecule has 0 N–H and O–H groups in total. The van der Waals surface area contributed by atoms with Gasteiger partial charge in [-0.05, 0) is 22.6 Å². The summed E-state index contributed by atoms with van der Waals surface area (Å²) in [6.45, 7) is 7.51. The minimum absolute atomic E-state index is 0.000817. The Bertz CT molecular complexity index is 597. The van der Waals surface area contributed by atoms with Crippen LogP contribution in [0, 0.1) is 5.41 Å². The largest absolute Gasteiger partial charge is 0.331 e. The first kappa shape index (κ1) is 17.0. The molecular formula is C21H25NO. The summed E-state index contributed by atoms with van der Waals surface area (Å²) in [7, 11) is 0. The Balaban J connectivity index is 2.17. The maximum absolute atomic E-state index is 12.6. The highest BCUT2D eigenvalue weighted by Gasteiger charge is 2.13. The Kier molecular flexibility index (Phi) is 5.75. The summed E-state index contributed by atoms with van der Waals surface area (Å²) in [5.74, 6) is 0.0487. The van der Waals surface area contributed by atoms with Crippen molar-refractivity contribution in [2.75, 3.05) is 0 Å². The van der Waals surface area contributed by atoms with Gasteiger partial charge in [0.25, 0.3) is 0 Å². The number of carbonyl (C=O) groups is 1. The van der Waals surface area contributed by atoms with E-state index >= 15 is 0 Å². The molecule has 0 spiro atoms. The summed E-state index contributed by atoms with van der Waals surface area (Å²) in [6, 6.07) is 20.2. The Morgan fingerprint density at radius 3 is 1.70 bits per heavy atom. The van der Waals surface area contributed by atoms with E-state index in [0.29, 0.717) is 13.1 Å². The highest BCUT2D eigenvalue weighted by Crippen LogP contribution is 2.16. The van der Waals surface area contributed by atoms with Crippen LogP contribution >= 0.6 is 0 Å². The molecule has 0 radical (unpaired) electrons. The summed E-state index contributed by atoms with van der Waals surface area (Å²) < 4.78 is 0. The Morgan fingerprint density at radius 2 is 1.30 bits per heavy atom. The highest BCUT2D eigenvalue weighted by atomic mass is 16.2. The number of benzene rings is 2. The van der Waals surface area contributed by atoms with Crippen LogP contribution < -0.4 is 0 Å². The molecule has 1 amide bonds. The van der Waals surface area contributed by atoms with Crippen molar-refractivity contribution in [2.45, 2.75) is 33.9 Å². The quantitative estimate of drug-likeness (QED) is 0.725.